The van der Waals surface area contributed by atoms with Crippen molar-refractivity contribution in [2.45, 2.75) is 65.7 Å². The zero-order valence-electron chi connectivity index (χ0n) is 17.1. The van der Waals surface area contributed by atoms with Crippen LogP contribution in [0.1, 0.15) is 65.7 Å². The SMILES string of the molecule is CCCCCCCCOc1ccc(-c2ccc(OCC(C)CC)nn2)cc1. The number of nitrogens with zero attached hydrogens (tertiary/aromatic N) is 2. The van der Waals surface area contributed by atoms with E-state index in [1.54, 1.807) is 0 Å². The second-order valence-electron chi connectivity index (χ2n) is 7.22. The zero-order valence-corrected chi connectivity index (χ0v) is 17.1. The molecule has 4 nitrogen and oxygen atoms in total. The van der Waals surface area contributed by atoms with E-state index in [1.807, 2.05) is 36.4 Å². The van der Waals surface area contributed by atoms with Gasteiger partial charge in [-0.3, -0.25) is 0 Å². The van der Waals surface area contributed by atoms with Crippen LogP contribution in [0.3, 0.4) is 0 Å². The molecular weight excluding hydrogens is 336 g/mol. The molecule has 1 unspecified atom stereocenters. The Morgan fingerprint density at radius 3 is 2.22 bits per heavy atom. The molecule has 0 saturated carbocycles. The molecular formula is C23H34N2O2. The van der Waals surface area contributed by atoms with E-state index < -0.39 is 0 Å². The first kappa shape index (κ1) is 21.2. The maximum atomic E-state index is 5.83. The molecule has 2 rings (SSSR count). The maximum Gasteiger partial charge on any atom is 0.233 e. The van der Waals surface area contributed by atoms with E-state index in [0.29, 0.717) is 18.4 Å². The highest BCUT2D eigenvalue weighted by molar-refractivity contribution is 5.59. The van der Waals surface area contributed by atoms with E-state index in [2.05, 4.69) is 31.0 Å². The average molecular weight is 371 g/mol. The minimum atomic E-state index is 0.523. The van der Waals surface area contributed by atoms with Crippen molar-refractivity contribution in [3.63, 3.8) is 0 Å². The first-order valence-electron chi connectivity index (χ1n) is 10.4. The van der Waals surface area contributed by atoms with E-state index in [-0.39, 0.29) is 0 Å². The molecule has 0 fully saturated rings. The van der Waals surface area contributed by atoms with Crippen LogP contribution in [-0.2, 0) is 0 Å². The molecule has 2 aromatic rings. The van der Waals surface area contributed by atoms with Crippen LogP contribution in [0.4, 0.5) is 0 Å². The summed E-state index contributed by atoms with van der Waals surface area (Å²) in [6.45, 7) is 8.03. The molecule has 0 spiro atoms. The van der Waals surface area contributed by atoms with E-state index in [9.17, 15) is 0 Å². The van der Waals surface area contributed by atoms with Crippen molar-refractivity contribution in [1.29, 1.82) is 0 Å². The Hall–Kier alpha value is -2.10. The lowest BCUT2D eigenvalue weighted by molar-refractivity contribution is 0.245. The van der Waals surface area contributed by atoms with Gasteiger partial charge in [0.2, 0.25) is 5.88 Å². The Labute approximate surface area is 164 Å². The van der Waals surface area contributed by atoms with Crippen LogP contribution >= 0.6 is 0 Å². The van der Waals surface area contributed by atoms with Crippen LogP contribution in [0, 0.1) is 5.92 Å². The minimum Gasteiger partial charge on any atom is -0.494 e. The van der Waals surface area contributed by atoms with Gasteiger partial charge in [0, 0.05) is 11.6 Å². The molecule has 1 heterocycles. The summed E-state index contributed by atoms with van der Waals surface area (Å²) in [7, 11) is 0. The summed E-state index contributed by atoms with van der Waals surface area (Å²) in [4.78, 5) is 0. The molecule has 0 aliphatic rings. The Balaban J connectivity index is 1.75. The Bertz CT molecular complexity index is 626. The summed E-state index contributed by atoms with van der Waals surface area (Å²) >= 11 is 0. The third kappa shape index (κ3) is 7.98. The normalized spacial score (nSPS) is 12.0. The molecule has 0 N–H and O–H groups in total. The molecule has 27 heavy (non-hydrogen) atoms. The highest BCUT2D eigenvalue weighted by atomic mass is 16.5. The number of hydrogen-bond donors (Lipinski definition) is 0. The minimum absolute atomic E-state index is 0.523. The maximum absolute atomic E-state index is 5.83. The summed E-state index contributed by atoms with van der Waals surface area (Å²) in [5, 5.41) is 8.45. The van der Waals surface area contributed by atoms with E-state index in [4.69, 9.17) is 9.47 Å². The lowest BCUT2D eigenvalue weighted by Crippen LogP contribution is -2.08. The van der Waals surface area contributed by atoms with Crippen molar-refractivity contribution in [2.24, 2.45) is 5.92 Å². The molecule has 1 aromatic carbocycles. The van der Waals surface area contributed by atoms with Gasteiger partial charge < -0.3 is 9.47 Å². The fourth-order valence-corrected chi connectivity index (χ4v) is 2.69. The van der Waals surface area contributed by atoms with Gasteiger partial charge in [-0.2, -0.15) is 0 Å². The molecule has 1 aromatic heterocycles. The summed E-state index contributed by atoms with van der Waals surface area (Å²) in [6.07, 6.45) is 8.75. The lowest BCUT2D eigenvalue weighted by Gasteiger charge is -2.10. The fourth-order valence-electron chi connectivity index (χ4n) is 2.69. The van der Waals surface area contributed by atoms with Gasteiger partial charge in [-0.15, -0.1) is 10.2 Å². The summed E-state index contributed by atoms with van der Waals surface area (Å²) in [6, 6.07) is 11.9. The lowest BCUT2D eigenvalue weighted by atomic mass is 10.1. The summed E-state index contributed by atoms with van der Waals surface area (Å²) in [5.74, 6) is 2.02. The molecule has 1 atom stereocenters. The molecule has 4 heteroatoms. The number of benzene rings is 1. The van der Waals surface area contributed by atoms with E-state index >= 15 is 0 Å². The Morgan fingerprint density at radius 2 is 1.56 bits per heavy atom. The van der Waals surface area contributed by atoms with Gasteiger partial charge >= 0.3 is 0 Å². The van der Waals surface area contributed by atoms with Gasteiger partial charge in [0.15, 0.2) is 0 Å². The van der Waals surface area contributed by atoms with Crippen molar-refractivity contribution >= 4 is 0 Å². The van der Waals surface area contributed by atoms with Crippen molar-refractivity contribution in [2.75, 3.05) is 13.2 Å². The molecule has 0 aliphatic heterocycles. The largest absolute Gasteiger partial charge is 0.494 e. The van der Waals surface area contributed by atoms with Crippen LogP contribution in [-0.4, -0.2) is 23.4 Å². The topological polar surface area (TPSA) is 44.2 Å². The highest BCUT2D eigenvalue weighted by Gasteiger charge is 2.05. The molecule has 0 bridgehead atoms. The fraction of sp³-hybridized carbons (Fsp3) is 0.565. The van der Waals surface area contributed by atoms with Crippen LogP contribution in [0.2, 0.25) is 0 Å². The first-order valence-corrected chi connectivity index (χ1v) is 10.4. The van der Waals surface area contributed by atoms with Gasteiger partial charge in [-0.1, -0.05) is 59.3 Å². The summed E-state index contributed by atoms with van der Waals surface area (Å²) in [5.41, 5.74) is 1.87. The van der Waals surface area contributed by atoms with Gasteiger partial charge in [0.1, 0.15) is 5.75 Å². The van der Waals surface area contributed by atoms with E-state index in [0.717, 1.165) is 36.5 Å². The van der Waals surface area contributed by atoms with Gasteiger partial charge in [0.25, 0.3) is 0 Å². The Kier molecular flexibility index (Phi) is 9.67. The number of aromatic nitrogens is 2. The third-order valence-electron chi connectivity index (χ3n) is 4.77. The van der Waals surface area contributed by atoms with Gasteiger partial charge in [0.05, 0.1) is 18.9 Å². The number of unbranched alkanes of at least 4 members (excludes halogenated alkanes) is 5. The standard InChI is InChI=1S/C23H34N2O2/c1-4-6-7-8-9-10-17-26-21-13-11-20(12-14-21)22-15-16-23(25-24-22)27-18-19(3)5-2/h11-16,19H,4-10,17-18H2,1-3H3. The van der Waals surface area contributed by atoms with Gasteiger partial charge in [-0.25, -0.2) is 0 Å². The second-order valence-corrected chi connectivity index (χ2v) is 7.22. The zero-order chi connectivity index (χ0) is 19.3. The molecule has 0 amide bonds. The van der Waals surface area contributed by atoms with Crippen molar-refractivity contribution in [1.82, 2.24) is 10.2 Å². The van der Waals surface area contributed by atoms with Crippen molar-refractivity contribution in [3.8, 4) is 22.9 Å². The first-order chi connectivity index (χ1) is 13.2. The molecule has 0 radical (unpaired) electrons. The van der Waals surface area contributed by atoms with Crippen LogP contribution in [0.15, 0.2) is 36.4 Å². The van der Waals surface area contributed by atoms with Crippen molar-refractivity contribution in [3.05, 3.63) is 36.4 Å². The molecule has 0 saturated heterocycles. The van der Waals surface area contributed by atoms with Crippen LogP contribution in [0.5, 0.6) is 11.6 Å². The highest BCUT2D eigenvalue weighted by Crippen LogP contribution is 2.21. The summed E-state index contributed by atoms with van der Waals surface area (Å²) < 4.78 is 11.5. The third-order valence-corrected chi connectivity index (χ3v) is 4.77. The van der Waals surface area contributed by atoms with Crippen LogP contribution in [0.25, 0.3) is 11.3 Å². The van der Waals surface area contributed by atoms with Crippen LogP contribution < -0.4 is 9.47 Å². The molecule has 148 valence electrons. The van der Waals surface area contributed by atoms with E-state index in [1.165, 1.54) is 32.1 Å². The smallest absolute Gasteiger partial charge is 0.233 e. The Morgan fingerprint density at radius 1 is 0.815 bits per heavy atom. The second kappa shape index (κ2) is 12.3. The predicted octanol–water partition coefficient (Wildman–Crippen LogP) is 6.31. The average Bonchev–Trinajstić information content (AvgIpc) is 2.72. The molecule has 0 aliphatic carbocycles. The number of ether oxygens (including phenoxy) is 2. The number of rotatable bonds is 13. The quantitative estimate of drug-likeness (QED) is 0.388. The number of hydrogen-bond acceptors (Lipinski definition) is 4. The monoisotopic (exact) mass is 370 g/mol. The predicted molar refractivity (Wildman–Crippen MR) is 111 cm³/mol. The van der Waals surface area contributed by atoms with Crippen molar-refractivity contribution < 1.29 is 9.47 Å². The van der Waals surface area contributed by atoms with Gasteiger partial charge in [-0.05, 0) is 42.7 Å².